The molecule has 1 aromatic rings. The number of nitrogen functional groups attached to an aromatic ring is 1. The Morgan fingerprint density at radius 1 is 1.55 bits per heavy atom. The van der Waals surface area contributed by atoms with E-state index < -0.39 is 5.41 Å². The van der Waals surface area contributed by atoms with Crippen molar-refractivity contribution in [1.29, 1.82) is 5.26 Å². The summed E-state index contributed by atoms with van der Waals surface area (Å²) in [7, 11) is 0. The van der Waals surface area contributed by atoms with Gasteiger partial charge in [0.2, 0.25) is 5.13 Å². The van der Waals surface area contributed by atoms with Gasteiger partial charge in [0.25, 0.3) is 0 Å². The van der Waals surface area contributed by atoms with Crippen LogP contribution in [-0.2, 0) is 5.41 Å². The van der Waals surface area contributed by atoms with Crippen LogP contribution < -0.4 is 5.73 Å². The Morgan fingerprint density at radius 3 is 2.55 bits per heavy atom. The maximum absolute atomic E-state index is 8.70. The Labute approximate surface area is 68.7 Å². The van der Waals surface area contributed by atoms with Crippen molar-refractivity contribution in [3.05, 3.63) is 5.01 Å². The summed E-state index contributed by atoms with van der Waals surface area (Å²) in [5, 5.41) is 17.2. The van der Waals surface area contributed by atoms with Gasteiger partial charge < -0.3 is 5.73 Å². The highest BCUT2D eigenvalue weighted by molar-refractivity contribution is 7.15. The number of aromatic nitrogens is 2. The van der Waals surface area contributed by atoms with Crippen LogP contribution in [0.25, 0.3) is 0 Å². The third kappa shape index (κ3) is 1.46. The van der Waals surface area contributed by atoms with Crippen molar-refractivity contribution in [3.63, 3.8) is 0 Å². The molecule has 0 fully saturated rings. The summed E-state index contributed by atoms with van der Waals surface area (Å²) in [4.78, 5) is 0. The topological polar surface area (TPSA) is 75.6 Å². The zero-order valence-corrected chi connectivity index (χ0v) is 7.14. The van der Waals surface area contributed by atoms with Gasteiger partial charge in [0, 0.05) is 0 Å². The zero-order chi connectivity index (χ0) is 8.48. The summed E-state index contributed by atoms with van der Waals surface area (Å²) < 4.78 is 0. The van der Waals surface area contributed by atoms with Crippen molar-refractivity contribution in [1.82, 2.24) is 10.2 Å². The van der Waals surface area contributed by atoms with Crippen molar-refractivity contribution in [2.24, 2.45) is 0 Å². The quantitative estimate of drug-likeness (QED) is 0.676. The lowest BCUT2D eigenvalue weighted by Gasteiger charge is -2.08. The first kappa shape index (κ1) is 7.95. The van der Waals surface area contributed by atoms with Gasteiger partial charge in [-0.2, -0.15) is 5.26 Å². The van der Waals surface area contributed by atoms with Crippen molar-refractivity contribution in [3.8, 4) is 6.07 Å². The molecular formula is C6H8N4S. The second-order valence-corrected chi connectivity index (χ2v) is 3.69. The number of anilines is 1. The molecule has 0 aliphatic rings. The molecule has 0 unspecified atom stereocenters. The molecule has 0 saturated carbocycles. The highest BCUT2D eigenvalue weighted by Gasteiger charge is 2.24. The minimum absolute atomic E-state index is 0.406. The van der Waals surface area contributed by atoms with Gasteiger partial charge in [0.15, 0.2) is 0 Å². The molecule has 4 nitrogen and oxygen atoms in total. The first-order valence-corrected chi connectivity index (χ1v) is 3.88. The number of hydrogen-bond donors (Lipinski definition) is 1. The van der Waals surface area contributed by atoms with E-state index in [0.717, 1.165) is 0 Å². The summed E-state index contributed by atoms with van der Waals surface area (Å²) in [5.74, 6) is 0. The predicted octanol–water partition coefficient (Wildman–Crippen LogP) is 0.921. The lowest BCUT2D eigenvalue weighted by atomic mass is 9.97. The second-order valence-electron chi connectivity index (χ2n) is 2.68. The maximum Gasteiger partial charge on any atom is 0.203 e. The first-order valence-electron chi connectivity index (χ1n) is 3.07. The molecule has 0 atom stereocenters. The van der Waals surface area contributed by atoms with Crippen molar-refractivity contribution in [2.45, 2.75) is 19.3 Å². The van der Waals surface area contributed by atoms with Gasteiger partial charge >= 0.3 is 0 Å². The molecule has 2 N–H and O–H groups in total. The molecule has 0 amide bonds. The molecule has 0 spiro atoms. The Morgan fingerprint density at radius 2 is 2.18 bits per heavy atom. The van der Waals surface area contributed by atoms with E-state index in [2.05, 4.69) is 16.3 Å². The molecule has 11 heavy (non-hydrogen) atoms. The smallest absolute Gasteiger partial charge is 0.203 e. The summed E-state index contributed by atoms with van der Waals surface area (Å²) in [5.41, 5.74) is 4.79. The van der Waals surface area contributed by atoms with Gasteiger partial charge in [-0.15, -0.1) is 10.2 Å². The molecule has 1 rings (SSSR count). The fraction of sp³-hybridized carbons (Fsp3) is 0.500. The van der Waals surface area contributed by atoms with Crippen LogP contribution in [0.5, 0.6) is 0 Å². The van der Waals surface area contributed by atoms with E-state index >= 15 is 0 Å². The zero-order valence-electron chi connectivity index (χ0n) is 6.33. The fourth-order valence-corrected chi connectivity index (χ4v) is 1.20. The van der Waals surface area contributed by atoms with E-state index in [1.807, 2.05) is 0 Å². The van der Waals surface area contributed by atoms with Crippen LogP contribution in [0.3, 0.4) is 0 Å². The Bertz CT molecular complexity index is 296. The van der Waals surface area contributed by atoms with E-state index in [-0.39, 0.29) is 0 Å². The van der Waals surface area contributed by atoms with Crippen LogP contribution >= 0.6 is 11.3 Å². The number of nitrogens with zero attached hydrogens (tertiary/aromatic N) is 3. The van der Waals surface area contributed by atoms with Gasteiger partial charge in [-0.25, -0.2) is 0 Å². The largest absolute Gasteiger partial charge is 0.374 e. The average Bonchev–Trinajstić information content (AvgIpc) is 2.36. The van der Waals surface area contributed by atoms with E-state index in [1.54, 1.807) is 13.8 Å². The molecular weight excluding hydrogens is 160 g/mol. The Hall–Kier alpha value is -1.15. The van der Waals surface area contributed by atoms with Crippen LogP contribution in [0.4, 0.5) is 5.13 Å². The van der Waals surface area contributed by atoms with Crippen LogP contribution in [0.1, 0.15) is 18.9 Å². The number of nitrogens with two attached hydrogens (primary N) is 1. The van der Waals surface area contributed by atoms with E-state index in [0.29, 0.717) is 10.1 Å². The summed E-state index contributed by atoms with van der Waals surface area (Å²) in [6.07, 6.45) is 0. The van der Waals surface area contributed by atoms with E-state index in [1.165, 1.54) is 11.3 Å². The molecule has 5 heteroatoms. The van der Waals surface area contributed by atoms with Crippen LogP contribution in [0.2, 0.25) is 0 Å². The Balaban J connectivity index is 3.04. The maximum atomic E-state index is 8.70. The highest BCUT2D eigenvalue weighted by atomic mass is 32.1. The highest BCUT2D eigenvalue weighted by Crippen LogP contribution is 2.25. The predicted molar refractivity (Wildman–Crippen MR) is 43.0 cm³/mol. The average molecular weight is 168 g/mol. The van der Waals surface area contributed by atoms with Crippen molar-refractivity contribution >= 4 is 16.5 Å². The second kappa shape index (κ2) is 2.47. The van der Waals surface area contributed by atoms with Crippen molar-refractivity contribution in [2.75, 3.05) is 5.73 Å². The lowest BCUT2D eigenvalue weighted by Crippen LogP contribution is -2.13. The minimum atomic E-state index is -0.574. The molecule has 1 heterocycles. The van der Waals surface area contributed by atoms with Gasteiger partial charge in [-0.1, -0.05) is 11.3 Å². The SMILES string of the molecule is CC(C)(C#N)c1nnc(N)s1. The van der Waals surface area contributed by atoms with E-state index in [4.69, 9.17) is 11.0 Å². The fourth-order valence-electron chi connectivity index (χ4n) is 0.535. The number of rotatable bonds is 1. The third-order valence-corrected chi connectivity index (χ3v) is 2.33. The standard InChI is InChI=1S/C6H8N4S/c1-6(2,3-7)4-9-10-5(8)11-4/h1-2H3,(H2,8,10). The van der Waals surface area contributed by atoms with Crippen molar-refractivity contribution < 1.29 is 0 Å². The normalized spacial score (nSPS) is 11.0. The molecule has 0 radical (unpaired) electrons. The summed E-state index contributed by atoms with van der Waals surface area (Å²) in [6, 6.07) is 2.12. The molecule has 0 aromatic carbocycles. The van der Waals surface area contributed by atoms with Crippen LogP contribution in [0.15, 0.2) is 0 Å². The number of nitriles is 1. The Kier molecular flexibility index (Phi) is 1.79. The molecule has 58 valence electrons. The summed E-state index contributed by atoms with van der Waals surface area (Å²) in [6.45, 7) is 3.57. The molecule has 0 saturated heterocycles. The number of hydrogen-bond acceptors (Lipinski definition) is 5. The molecule has 0 bridgehead atoms. The molecule has 1 aromatic heterocycles. The first-order chi connectivity index (χ1) is 5.06. The summed E-state index contributed by atoms with van der Waals surface area (Å²) >= 11 is 1.25. The lowest BCUT2D eigenvalue weighted by molar-refractivity contribution is 0.668. The van der Waals surface area contributed by atoms with Crippen LogP contribution in [-0.4, -0.2) is 10.2 Å². The van der Waals surface area contributed by atoms with E-state index in [9.17, 15) is 0 Å². The van der Waals surface area contributed by atoms with Crippen LogP contribution in [0, 0.1) is 11.3 Å². The third-order valence-electron chi connectivity index (χ3n) is 1.25. The van der Waals surface area contributed by atoms with Gasteiger partial charge in [-0.05, 0) is 13.8 Å². The molecule has 0 aliphatic heterocycles. The van der Waals surface area contributed by atoms with Gasteiger partial charge in [0.05, 0.1) is 6.07 Å². The molecule has 0 aliphatic carbocycles. The monoisotopic (exact) mass is 168 g/mol. The van der Waals surface area contributed by atoms with Gasteiger partial charge in [0.1, 0.15) is 10.4 Å². The van der Waals surface area contributed by atoms with Gasteiger partial charge in [-0.3, -0.25) is 0 Å². The minimum Gasteiger partial charge on any atom is -0.374 e.